The Morgan fingerprint density at radius 3 is 1.82 bits per heavy atom. The Balaban J connectivity index is 0.00000192. The summed E-state index contributed by atoms with van der Waals surface area (Å²) in [5.41, 5.74) is 4.95. The largest absolute Gasteiger partial charge is 0.0625 e. The second-order valence-electron chi connectivity index (χ2n) is 6.69. The maximum atomic E-state index is 3.27. The van der Waals surface area contributed by atoms with Crippen molar-refractivity contribution < 1.29 is 1.43 Å². The van der Waals surface area contributed by atoms with E-state index in [-0.39, 0.29) is 1.43 Å². The molecule has 1 saturated carbocycles. The van der Waals surface area contributed by atoms with Crippen LogP contribution in [-0.4, -0.2) is 0 Å². The first-order valence-corrected chi connectivity index (χ1v) is 8.39. The molecule has 0 aliphatic heterocycles. The van der Waals surface area contributed by atoms with E-state index in [1.54, 1.807) is 0 Å². The Morgan fingerprint density at radius 2 is 1.27 bits per heavy atom. The summed E-state index contributed by atoms with van der Waals surface area (Å²) in [5.74, 6) is 8.18. The zero-order valence-corrected chi connectivity index (χ0v) is 13.6. The Labute approximate surface area is 136 Å². The van der Waals surface area contributed by atoms with Crippen LogP contribution in [0.4, 0.5) is 0 Å². The lowest BCUT2D eigenvalue weighted by Crippen LogP contribution is -2.10. The van der Waals surface area contributed by atoms with Crippen molar-refractivity contribution in [3.63, 3.8) is 0 Å². The molecule has 2 aromatic rings. The van der Waals surface area contributed by atoms with Gasteiger partial charge in [0, 0.05) is 12.6 Å². The monoisotopic (exact) mass is 290 g/mol. The van der Waals surface area contributed by atoms with Crippen molar-refractivity contribution >= 4 is 0 Å². The molecule has 0 spiro atoms. The van der Waals surface area contributed by atoms with E-state index < -0.39 is 0 Å². The molecule has 0 amide bonds. The normalized spacial score (nSPS) is 21.0. The van der Waals surface area contributed by atoms with Gasteiger partial charge >= 0.3 is 0 Å². The van der Waals surface area contributed by atoms with Crippen LogP contribution in [-0.2, 0) is 0 Å². The molecule has 0 heteroatoms. The van der Waals surface area contributed by atoms with Gasteiger partial charge in [-0.1, -0.05) is 61.4 Å². The molecule has 0 radical (unpaired) electrons. The molecular formula is C22H26. The quantitative estimate of drug-likeness (QED) is 0.571. The topological polar surface area (TPSA) is 0 Å². The van der Waals surface area contributed by atoms with Crippen LogP contribution in [0.5, 0.6) is 0 Å². The van der Waals surface area contributed by atoms with Crippen LogP contribution in [0.2, 0.25) is 0 Å². The van der Waals surface area contributed by atoms with Crippen LogP contribution in [0.3, 0.4) is 0 Å². The van der Waals surface area contributed by atoms with E-state index in [0.717, 1.165) is 23.0 Å². The van der Waals surface area contributed by atoms with E-state index in [4.69, 9.17) is 0 Å². The molecule has 1 aliphatic carbocycles. The van der Waals surface area contributed by atoms with Crippen molar-refractivity contribution in [1.82, 2.24) is 0 Å². The van der Waals surface area contributed by atoms with Gasteiger partial charge < -0.3 is 0 Å². The minimum absolute atomic E-state index is 0. The number of benzene rings is 2. The van der Waals surface area contributed by atoms with E-state index in [9.17, 15) is 0 Å². The summed E-state index contributed by atoms with van der Waals surface area (Å²) >= 11 is 0. The highest BCUT2D eigenvalue weighted by Crippen LogP contribution is 2.35. The molecule has 1 fully saturated rings. The first kappa shape index (κ1) is 14.9. The van der Waals surface area contributed by atoms with Crippen molar-refractivity contribution in [2.24, 2.45) is 5.92 Å². The minimum Gasteiger partial charge on any atom is -0.0625 e. The SMILES string of the molecule is Cc1ccc(C#Cc2ccc(C3CCC(C)CC3)cc2)cc1.[HH]. The van der Waals surface area contributed by atoms with Gasteiger partial charge in [-0.2, -0.15) is 0 Å². The van der Waals surface area contributed by atoms with E-state index >= 15 is 0 Å². The lowest BCUT2D eigenvalue weighted by Gasteiger charge is -2.26. The average molecular weight is 290 g/mol. The highest BCUT2D eigenvalue weighted by molar-refractivity contribution is 5.44. The molecule has 0 unspecified atom stereocenters. The third-order valence-corrected chi connectivity index (χ3v) is 4.80. The fourth-order valence-corrected chi connectivity index (χ4v) is 3.21. The van der Waals surface area contributed by atoms with Gasteiger partial charge in [0.25, 0.3) is 0 Å². The highest BCUT2D eigenvalue weighted by Gasteiger charge is 2.19. The van der Waals surface area contributed by atoms with Crippen molar-refractivity contribution in [3.8, 4) is 11.8 Å². The summed E-state index contributed by atoms with van der Waals surface area (Å²) in [5, 5.41) is 0. The van der Waals surface area contributed by atoms with Gasteiger partial charge in [0.1, 0.15) is 0 Å². The predicted molar refractivity (Wildman–Crippen MR) is 96.1 cm³/mol. The van der Waals surface area contributed by atoms with Crippen LogP contribution in [0.1, 0.15) is 62.2 Å². The molecule has 0 heterocycles. The summed E-state index contributed by atoms with van der Waals surface area (Å²) in [7, 11) is 0. The van der Waals surface area contributed by atoms with Crippen LogP contribution in [0.25, 0.3) is 0 Å². The van der Waals surface area contributed by atoms with Gasteiger partial charge in [0.15, 0.2) is 0 Å². The average Bonchev–Trinajstić information content (AvgIpc) is 2.56. The number of hydrogen-bond donors (Lipinski definition) is 0. The first-order valence-electron chi connectivity index (χ1n) is 8.39. The van der Waals surface area contributed by atoms with Crippen molar-refractivity contribution in [2.75, 3.05) is 0 Å². The maximum Gasteiger partial charge on any atom is 0.0249 e. The Kier molecular flexibility index (Phi) is 4.64. The molecule has 0 atom stereocenters. The Bertz CT molecular complexity index is 663. The molecule has 22 heavy (non-hydrogen) atoms. The Morgan fingerprint density at radius 1 is 0.773 bits per heavy atom. The second-order valence-corrected chi connectivity index (χ2v) is 6.69. The molecule has 0 bridgehead atoms. The second kappa shape index (κ2) is 6.84. The van der Waals surface area contributed by atoms with Gasteiger partial charge in [-0.05, 0) is 61.4 Å². The zero-order chi connectivity index (χ0) is 15.4. The van der Waals surface area contributed by atoms with E-state index in [1.165, 1.54) is 36.8 Å². The van der Waals surface area contributed by atoms with E-state index in [0.29, 0.717) is 0 Å². The van der Waals surface area contributed by atoms with Crippen molar-refractivity contribution in [3.05, 3.63) is 70.8 Å². The van der Waals surface area contributed by atoms with Gasteiger partial charge in [-0.3, -0.25) is 0 Å². The third-order valence-electron chi connectivity index (χ3n) is 4.80. The molecule has 0 aromatic heterocycles. The number of hydrogen-bond acceptors (Lipinski definition) is 0. The third kappa shape index (κ3) is 3.80. The first-order chi connectivity index (χ1) is 10.7. The van der Waals surface area contributed by atoms with Gasteiger partial charge in [-0.15, -0.1) is 0 Å². The molecule has 2 aromatic carbocycles. The van der Waals surface area contributed by atoms with Gasteiger partial charge in [0.2, 0.25) is 0 Å². The van der Waals surface area contributed by atoms with Crippen molar-refractivity contribution in [1.29, 1.82) is 0 Å². The minimum atomic E-state index is 0. The van der Waals surface area contributed by atoms with Crippen molar-refractivity contribution in [2.45, 2.75) is 45.4 Å². The van der Waals surface area contributed by atoms with Crippen LogP contribution in [0, 0.1) is 24.7 Å². The fourth-order valence-electron chi connectivity index (χ4n) is 3.21. The summed E-state index contributed by atoms with van der Waals surface area (Å²) in [6, 6.07) is 17.3. The zero-order valence-electron chi connectivity index (χ0n) is 13.6. The molecule has 3 rings (SSSR count). The maximum absolute atomic E-state index is 3.27. The smallest absolute Gasteiger partial charge is 0.0249 e. The standard InChI is InChI=1S/C22H24.H2/c1-17-3-7-19(8-4-17)9-10-20-11-15-22(16-12-20)21-13-5-18(2)6-14-21;/h3-4,7-8,11-12,15-16,18,21H,5-6,13-14H2,1-2H3;1H. The summed E-state index contributed by atoms with van der Waals surface area (Å²) in [6.45, 7) is 4.47. The van der Waals surface area contributed by atoms with Crippen LogP contribution < -0.4 is 0 Å². The van der Waals surface area contributed by atoms with Gasteiger partial charge in [-0.25, -0.2) is 0 Å². The lowest BCUT2D eigenvalue weighted by atomic mass is 9.79. The van der Waals surface area contributed by atoms with Crippen LogP contribution in [0.15, 0.2) is 48.5 Å². The summed E-state index contributed by atoms with van der Waals surface area (Å²) < 4.78 is 0. The molecule has 1 aliphatic rings. The molecule has 0 nitrogen and oxygen atoms in total. The summed E-state index contributed by atoms with van der Waals surface area (Å²) in [4.78, 5) is 0. The van der Waals surface area contributed by atoms with E-state index in [2.05, 4.69) is 74.2 Å². The van der Waals surface area contributed by atoms with Gasteiger partial charge in [0.05, 0.1) is 0 Å². The van der Waals surface area contributed by atoms with Crippen LogP contribution >= 0.6 is 0 Å². The van der Waals surface area contributed by atoms with E-state index in [1.807, 2.05) is 0 Å². The molecule has 0 saturated heterocycles. The molecular weight excluding hydrogens is 264 g/mol. The lowest BCUT2D eigenvalue weighted by molar-refractivity contribution is 0.348. The number of aryl methyl sites for hydroxylation is 1. The summed E-state index contributed by atoms with van der Waals surface area (Å²) in [6.07, 6.45) is 5.43. The fraction of sp³-hybridized carbons (Fsp3) is 0.364. The highest BCUT2D eigenvalue weighted by atomic mass is 14.2. The Hall–Kier alpha value is -2.00. The molecule has 0 N–H and O–H groups in total. The molecule has 114 valence electrons. The predicted octanol–water partition coefficient (Wildman–Crippen LogP) is 5.93. The number of rotatable bonds is 1.